The number of aromatic nitrogens is 1. The smallest absolute Gasteiger partial charge is 0.209 e. The van der Waals surface area contributed by atoms with Crippen molar-refractivity contribution in [2.45, 2.75) is 25.2 Å². The molecule has 17 heteroatoms. The molecule has 1 aliphatic rings. The number of benzene rings is 2. The molecule has 1 aromatic heterocycles. The lowest BCUT2D eigenvalue weighted by Gasteiger charge is -2.12. The first-order chi connectivity index (χ1) is 22.8. The molecule has 1 saturated carbocycles. The highest BCUT2D eigenvalue weighted by Gasteiger charge is 2.46. The molecule has 0 atom stereocenters. The Morgan fingerprint density at radius 1 is 0.592 bits per heavy atom. The Hall–Kier alpha value is -6.51. The average Bonchev–Trinajstić information content (AvgIpc) is 3.74. The summed E-state index contributed by atoms with van der Waals surface area (Å²) in [6.45, 7) is 0.469. The molecule has 0 unspecified atom stereocenters. The third-order valence-electron chi connectivity index (χ3n) is 6.98. The number of rotatable bonds is 4. The predicted octanol–water partition coefficient (Wildman–Crippen LogP) is 8.64. The summed E-state index contributed by atoms with van der Waals surface area (Å²) in [5, 5.41) is 49.5. The fourth-order valence-electron chi connectivity index (χ4n) is 4.76. The van der Waals surface area contributed by atoms with Gasteiger partial charge in [0.25, 0.3) is 5.92 Å². The second kappa shape index (κ2) is 12.3. The normalized spacial score (nSPS) is 16.0. The maximum absolute atomic E-state index is 15.3. The molecule has 3 aromatic rings. The van der Waals surface area contributed by atoms with Gasteiger partial charge in [-0.3, -0.25) is 0 Å². The van der Waals surface area contributed by atoms with E-state index in [4.69, 9.17) is 0 Å². The highest BCUT2D eigenvalue weighted by molar-refractivity contribution is 6.12. The van der Waals surface area contributed by atoms with Gasteiger partial charge in [0.15, 0.2) is 17.3 Å². The Morgan fingerprint density at radius 3 is 1.41 bits per heavy atom. The molecule has 2 aromatic carbocycles. The van der Waals surface area contributed by atoms with Crippen LogP contribution in [0.1, 0.15) is 51.6 Å². The number of alkyl halides is 8. The third-order valence-corrected chi connectivity index (χ3v) is 6.98. The average molecular weight is 686 g/mol. The van der Waals surface area contributed by atoms with Crippen molar-refractivity contribution in [2.75, 3.05) is 0 Å². The zero-order valence-corrected chi connectivity index (χ0v) is 23.8. The Labute approximate surface area is 267 Å². The van der Waals surface area contributed by atoms with E-state index in [0.717, 1.165) is 12.1 Å². The minimum atomic E-state index is -5.75. The minimum absolute atomic E-state index is 0.309. The number of allylic oxidation sites excluding steroid dienone is 6. The highest BCUT2D eigenvalue weighted by atomic mass is 19.4. The Balaban J connectivity index is 2.26. The van der Waals surface area contributed by atoms with Gasteiger partial charge in [0.1, 0.15) is 18.2 Å². The van der Waals surface area contributed by atoms with Crippen LogP contribution in [0.15, 0.2) is 53.1 Å². The predicted molar refractivity (Wildman–Crippen MR) is 144 cm³/mol. The van der Waals surface area contributed by atoms with E-state index < -0.39 is 114 Å². The molecule has 0 bridgehead atoms. The first-order valence-electron chi connectivity index (χ1n) is 12.9. The van der Waals surface area contributed by atoms with Gasteiger partial charge in [-0.1, -0.05) is 18.2 Å². The van der Waals surface area contributed by atoms with Gasteiger partial charge >= 0.3 is 12.4 Å². The zero-order chi connectivity index (χ0) is 36.8. The quantitative estimate of drug-likeness (QED) is 0.153. The standard InChI is InChI=1S/C32H9F11N6/c1-30(36,37)15-2-4-17(13(6-15)8-44)19(10-46)22-23(20(11-47)18-5-3-16(31(38,39)40)7-14(18)9-45)24(22)21(12-48)25-26(33)28(32(41,42)43)49-29(35)27(25)34/h2-7H,1H3/b22-19-,23-20?,24-21-. The summed E-state index contributed by atoms with van der Waals surface area (Å²) in [7, 11) is 0. The molecule has 0 spiro atoms. The number of halogens is 11. The molecule has 1 fully saturated rings. The van der Waals surface area contributed by atoms with Crippen LogP contribution < -0.4 is 0 Å². The van der Waals surface area contributed by atoms with E-state index in [1.807, 2.05) is 0 Å². The number of nitriles is 5. The van der Waals surface area contributed by atoms with Crippen LogP contribution in [-0.4, -0.2) is 4.98 Å². The molecule has 49 heavy (non-hydrogen) atoms. The van der Waals surface area contributed by atoms with E-state index in [-0.39, 0.29) is 0 Å². The maximum Gasteiger partial charge on any atom is 0.436 e. The van der Waals surface area contributed by atoms with Crippen LogP contribution in [0.5, 0.6) is 0 Å². The van der Waals surface area contributed by atoms with Crippen LogP contribution in [0.3, 0.4) is 0 Å². The zero-order valence-electron chi connectivity index (χ0n) is 23.8. The van der Waals surface area contributed by atoms with Gasteiger partial charge in [0.2, 0.25) is 5.95 Å². The SMILES string of the molecule is CC(F)(F)c1ccc(/C(C#N)=C2/C(=C(C#N)c3ccc(C(F)(F)F)cc3C#N)/C2=C(/C#N)c2c(F)c(F)nc(C(F)(F)F)c2F)c(C#N)c1. The first kappa shape index (κ1) is 35.3. The van der Waals surface area contributed by atoms with Crippen LogP contribution in [0.25, 0.3) is 16.7 Å². The number of nitrogens with zero attached hydrogens (tertiary/aromatic N) is 6. The Morgan fingerprint density at radius 2 is 1.02 bits per heavy atom. The lowest BCUT2D eigenvalue weighted by Crippen LogP contribution is -2.16. The Bertz CT molecular complexity index is 2160. The number of hydrogen-bond acceptors (Lipinski definition) is 6. The molecule has 0 aliphatic heterocycles. The van der Waals surface area contributed by atoms with Crippen molar-refractivity contribution >= 4 is 16.7 Å². The summed E-state index contributed by atoms with van der Waals surface area (Å²) in [4.78, 5) is 2.21. The summed E-state index contributed by atoms with van der Waals surface area (Å²) in [6, 6.07) is 10.8. The van der Waals surface area contributed by atoms with Crippen LogP contribution in [0, 0.1) is 74.2 Å². The lowest BCUT2D eigenvalue weighted by atomic mass is 9.95. The topological polar surface area (TPSA) is 132 Å². The molecule has 0 radical (unpaired) electrons. The summed E-state index contributed by atoms with van der Waals surface area (Å²) in [5.74, 6) is -11.1. The molecule has 4 rings (SSSR count). The lowest BCUT2D eigenvalue weighted by molar-refractivity contribution is -0.144. The monoisotopic (exact) mass is 686 g/mol. The van der Waals surface area contributed by atoms with Crippen molar-refractivity contribution in [1.29, 1.82) is 26.3 Å². The molecule has 0 N–H and O–H groups in total. The summed E-state index contributed by atoms with van der Waals surface area (Å²) in [6.07, 6.45) is -10.7. The Kier molecular flexibility index (Phi) is 8.84. The van der Waals surface area contributed by atoms with Crippen LogP contribution in [0.4, 0.5) is 48.3 Å². The van der Waals surface area contributed by atoms with Gasteiger partial charge in [-0.2, -0.15) is 57.0 Å². The number of hydrogen-bond donors (Lipinski definition) is 0. The van der Waals surface area contributed by atoms with Crippen LogP contribution in [-0.2, 0) is 18.3 Å². The van der Waals surface area contributed by atoms with Crippen molar-refractivity contribution in [3.05, 3.63) is 115 Å². The second-order valence-corrected chi connectivity index (χ2v) is 9.97. The molecule has 0 amide bonds. The molecule has 244 valence electrons. The van der Waals surface area contributed by atoms with Crippen LogP contribution in [0.2, 0.25) is 0 Å². The van der Waals surface area contributed by atoms with Crippen molar-refractivity contribution in [3.63, 3.8) is 0 Å². The maximum atomic E-state index is 15.3. The van der Waals surface area contributed by atoms with Gasteiger partial charge in [0, 0.05) is 40.3 Å². The van der Waals surface area contributed by atoms with Crippen molar-refractivity contribution in [3.8, 4) is 30.3 Å². The van der Waals surface area contributed by atoms with E-state index in [9.17, 15) is 65.8 Å². The van der Waals surface area contributed by atoms with Gasteiger partial charge < -0.3 is 0 Å². The van der Waals surface area contributed by atoms with Gasteiger partial charge in [-0.15, -0.1) is 0 Å². The molecule has 6 nitrogen and oxygen atoms in total. The second-order valence-electron chi connectivity index (χ2n) is 9.97. The van der Waals surface area contributed by atoms with E-state index in [2.05, 4.69) is 4.98 Å². The van der Waals surface area contributed by atoms with Crippen molar-refractivity contribution < 1.29 is 48.3 Å². The highest BCUT2D eigenvalue weighted by Crippen LogP contribution is 2.57. The molecular formula is C32H9F11N6. The summed E-state index contributed by atoms with van der Waals surface area (Å²) >= 11 is 0. The summed E-state index contributed by atoms with van der Waals surface area (Å²) < 4.78 is 153. The number of pyridine rings is 1. The van der Waals surface area contributed by atoms with E-state index in [1.165, 1.54) is 18.2 Å². The minimum Gasteiger partial charge on any atom is -0.209 e. The van der Waals surface area contributed by atoms with E-state index in [1.54, 1.807) is 12.1 Å². The molecule has 1 heterocycles. The summed E-state index contributed by atoms with van der Waals surface area (Å²) in [5.41, 5.74) is -14.7. The fraction of sp³-hybridized carbons (Fsp3) is 0.125. The van der Waals surface area contributed by atoms with E-state index in [0.29, 0.717) is 31.2 Å². The largest absolute Gasteiger partial charge is 0.436 e. The molecule has 0 saturated heterocycles. The van der Waals surface area contributed by atoms with Gasteiger partial charge in [-0.05, 0) is 18.2 Å². The fourth-order valence-corrected chi connectivity index (χ4v) is 4.76. The van der Waals surface area contributed by atoms with Crippen molar-refractivity contribution in [2.24, 2.45) is 0 Å². The van der Waals surface area contributed by atoms with Gasteiger partial charge in [0.05, 0.1) is 51.1 Å². The third kappa shape index (κ3) is 6.28. The molecule has 1 aliphatic carbocycles. The molecular weight excluding hydrogens is 677 g/mol. The van der Waals surface area contributed by atoms with Crippen LogP contribution >= 0.6 is 0 Å². The van der Waals surface area contributed by atoms with E-state index >= 15 is 8.78 Å². The first-order valence-corrected chi connectivity index (χ1v) is 12.9. The van der Waals surface area contributed by atoms with Crippen molar-refractivity contribution in [1.82, 2.24) is 4.98 Å². The van der Waals surface area contributed by atoms with Gasteiger partial charge in [-0.25, -0.2) is 22.5 Å².